The molecule has 1 heterocycles. The minimum absolute atomic E-state index is 0.0569. The molecular formula is C13H17Br2N5O. The van der Waals surface area contributed by atoms with Gasteiger partial charge in [0.15, 0.2) is 5.82 Å². The Morgan fingerprint density at radius 2 is 2.10 bits per heavy atom. The van der Waals surface area contributed by atoms with Crippen molar-refractivity contribution in [1.29, 1.82) is 0 Å². The van der Waals surface area contributed by atoms with E-state index >= 15 is 0 Å². The second-order valence-electron chi connectivity index (χ2n) is 4.56. The van der Waals surface area contributed by atoms with E-state index in [9.17, 15) is 0 Å². The zero-order valence-electron chi connectivity index (χ0n) is 12.1. The highest BCUT2D eigenvalue weighted by atomic mass is 79.9. The van der Waals surface area contributed by atoms with E-state index in [2.05, 4.69) is 59.6 Å². The van der Waals surface area contributed by atoms with Crippen LogP contribution in [0.4, 0.5) is 0 Å². The Morgan fingerprint density at radius 3 is 2.76 bits per heavy atom. The monoisotopic (exact) mass is 417 g/mol. The van der Waals surface area contributed by atoms with Crippen LogP contribution >= 0.6 is 31.9 Å². The zero-order valence-corrected chi connectivity index (χ0v) is 15.3. The van der Waals surface area contributed by atoms with Crippen molar-refractivity contribution < 1.29 is 4.74 Å². The van der Waals surface area contributed by atoms with Crippen molar-refractivity contribution in [2.75, 3.05) is 13.7 Å². The van der Waals surface area contributed by atoms with E-state index in [0.29, 0.717) is 0 Å². The van der Waals surface area contributed by atoms with Gasteiger partial charge in [0.25, 0.3) is 0 Å². The Labute approximate surface area is 140 Å². The van der Waals surface area contributed by atoms with Crippen LogP contribution in [0.3, 0.4) is 0 Å². The number of aromatic nitrogens is 4. The summed E-state index contributed by atoms with van der Waals surface area (Å²) in [6.45, 7) is 5.08. The predicted octanol–water partition coefficient (Wildman–Crippen LogP) is 3.26. The fourth-order valence-corrected chi connectivity index (χ4v) is 3.25. The summed E-state index contributed by atoms with van der Waals surface area (Å²) in [5, 5.41) is 15.4. The van der Waals surface area contributed by atoms with E-state index in [0.717, 1.165) is 39.2 Å². The summed E-state index contributed by atoms with van der Waals surface area (Å²) >= 11 is 7.00. The van der Waals surface area contributed by atoms with Crippen molar-refractivity contribution in [3.63, 3.8) is 0 Å². The van der Waals surface area contributed by atoms with Crippen molar-refractivity contribution >= 4 is 31.9 Å². The zero-order chi connectivity index (χ0) is 15.4. The van der Waals surface area contributed by atoms with Gasteiger partial charge in [-0.1, -0.05) is 6.92 Å². The van der Waals surface area contributed by atoms with Crippen LogP contribution in [0.15, 0.2) is 21.1 Å². The molecule has 0 amide bonds. The van der Waals surface area contributed by atoms with Gasteiger partial charge >= 0.3 is 0 Å². The normalized spacial score (nSPS) is 12.4. The summed E-state index contributed by atoms with van der Waals surface area (Å²) < 4.78 is 8.80. The molecule has 0 spiro atoms. The lowest BCUT2D eigenvalue weighted by molar-refractivity contribution is 0.411. The number of methoxy groups -OCH3 is 1. The number of nitrogens with one attached hydrogen (secondary N) is 1. The number of hydrogen-bond donors (Lipinski definition) is 1. The van der Waals surface area contributed by atoms with Crippen LogP contribution in [0.25, 0.3) is 5.69 Å². The first-order valence-electron chi connectivity index (χ1n) is 6.63. The smallest absolute Gasteiger partial charge is 0.173 e. The number of halogens is 2. The second-order valence-corrected chi connectivity index (χ2v) is 6.27. The van der Waals surface area contributed by atoms with Crippen LogP contribution in [0.1, 0.15) is 32.1 Å². The lowest BCUT2D eigenvalue weighted by Gasteiger charge is -2.15. The third-order valence-corrected chi connectivity index (χ3v) is 4.29. The lowest BCUT2D eigenvalue weighted by atomic mass is 10.2. The van der Waals surface area contributed by atoms with Gasteiger partial charge in [0.1, 0.15) is 5.75 Å². The van der Waals surface area contributed by atoms with E-state index in [-0.39, 0.29) is 6.04 Å². The molecule has 0 bridgehead atoms. The SMILES string of the molecule is CCCNC(C)c1nnnn1-c1cc(OC)c(Br)cc1Br. The third-order valence-electron chi connectivity index (χ3n) is 3.03. The highest BCUT2D eigenvalue weighted by molar-refractivity contribution is 9.11. The Hall–Kier alpha value is -0.990. The fourth-order valence-electron chi connectivity index (χ4n) is 1.92. The van der Waals surface area contributed by atoms with Crippen molar-refractivity contribution in [1.82, 2.24) is 25.5 Å². The maximum atomic E-state index is 5.34. The summed E-state index contributed by atoms with van der Waals surface area (Å²) in [5.41, 5.74) is 0.834. The molecule has 8 heteroatoms. The molecule has 6 nitrogen and oxygen atoms in total. The third kappa shape index (κ3) is 3.61. The van der Waals surface area contributed by atoms with Crippen molar-refractivity contribution in [3.8, 4) is 11.4 Å². The van der Waals surface area contributed by atoms with Crippen LogP contribution in [-0.2, 0) is 0 Å². The first-order valence-corrected chi connectivity index (χ1v) is 8.22. The average Bonchev–Trinajstić information content (AvgIpc) is 2.94. The molecule has 1 aromatic heterocycles. The van der Waals surface area contributed by atoms with Crippen LogP contribution < -0.4 is 10.1 Å². The van der Waals surface area contributed by atoms with Crippen LogP contribution in [0, 0.1) is 0 Å². The van der Waals surface area contributed by atoms with E-state index < -0.39 is 0 Å². The van der Waals surface area contributed by atoms with Crippen molar-refractivity contribution in [2.45, 2.75) is 26.3 Å². The summed E-state index contributed by atoms with van der Waals surface area (Å²) in [6.07, 6.45) is 1.06. The van der Waals surface area contributed by atoms with Gasteiger partial charge in [0, 0.05) is 10.5 Å². The highest BCUT2D eigenvalue weighted by Gasteiger charge is 2.18. The molecule has 21 heavy (non-hydrogen) atoms. The molecule has 1 unspecified atom stereocenters. The number of ether oxygens (including phenoxy) is 1. The van der Waals surface area contributed by atoms with Crippen LogP contribution in [0.2, 0.25) is 0 Å². The molecule has 0 aliphatic carbocycles. The second kappa shape index (κ2) is 7.33. The summed E-state index contributed by atoms with van der Waals surface area (Å²) in [4.78, 5) is 0. The molecule has 0 saturated heterocycles. The molecule has 0 radical (unpaired) electrons. The molecule has 0 fully saturated rings. The van der Waals surface area contributed by atoms with Crippen molar-refractivity contribution in [2.24, 2.45) is 0 Å². The van der Waals surface area contributed by atoms with Gasteiger partial charge in [-0.3, -0.25) is 0 Å². The van der Waals surface area contributed by atoms with Gasteiger partial charge < -0.3 is 10.1 Å². The van der Waals surface area contributed by atoms with Gasteiger partial charge in [-0.25, -0.2) is 0 Å². The Bertz CT molecular complexity index is 617. The maximum Gasteiger partial charge on any atom is 0.173 e. The molecule has 2 rings (SSSR count). The molecule has 1 N–H and O–H groups in total. The molecular weight excluding hydrogens is 402 g/mol. The largest absolute Gasteiger partial charge is 0.495 e. The first kappa shape index (κ1) is 16.4. The predicted molar refractivity (Wildman–Crippen MR) is 87.8 cm³/mol. The van der Waals surface area contributed by atoms with Gasteiger partial charge in [0.05, 0.1) is 23.3 Å². The Kier molecular flexibility index (Phi) is 5.72. The van der Waals surface area contributed by atoms with Gasteiger partial charge in [-0.05, 0) is 68.2 Å². The number of rotatable bonds is 6. The minimum atomic E-state index is 0.0569. The highest BCUT2D eigenvalue weighted by Crippen LogP contribution is 2.33. The molecule has 114 valence electrons. The number of hydrogen-bond acceptors (Lipinski definition) is 5. The molecule has 0 saturated carbocycles. The Balaban J connectivity index is 2.41. The van der Waals surface area contributed by atoms with Gasteiger partial charge in [-0.2, -0.15) is 4.68 Å². The number of nitrogens with zero attached hydrogens (tertiary/aromatic N) is 4. The summed E-state index contributed by atoms with van der Waals surface area (Å²) in [6, 6.07) is 3.87. The quantitative estimate of drug-likeness (QED) is 0.779. The maximum absolute atomic E-state index is 5.34. The van der Waals surface area contributed by atoms with E-state index in [4.69, 9.17) is 4.74 Å². The first-order chi connectivity index (χ1) is 10.1. The summed E-state index contributed by atoms with van der Waals surface area (Å²) in [7, 11) is 1.63. The fraction of sp³-hybridized carbons (Fsp3) is 0.462. The molecule has 2 aromatic rings. The molecule has 1 aromatic carbocycles. The van der Waals surface area contributed by atoms with E-state index in [1.165, 1.54) is 0 Å². The summed E-state index contributed by atoms with van der Waals surface area (Å²) in [5.74, 6) is 1.48. The van der Waals surface area contributed by atoms with Crippen LogP contribution in [-0.4, -0.2) is 33.9 Å². The van der Waals surface area contributed by atoms with Crippen molar-refractivity contribution in [3.05, 3.63) is 26.9 Å². The average molecular weight is 419 g/mol. The molecule has 0 aliphatic heterocycles. The standard InChI is InChI=1S/C13H17Br2N5O/c1-4-5-16-8(2)13-17-18-19-20(13)11-7-12(21-3)10(15)6-9(11)14/h6-8,16H,4-5H2,1-3H3. The van der Waals surface area contributed by atoms with E-state index in [1.54, 1.807) is 11.8 Å². The molecule has 1 atom stereocenters. The van der Waals surface area contributed by atoms with Gasteiger partial charge in [0.2, 0.25) is 0 Å². The van der Waals surface area contributed by atoms with Gasteiger partial charge in [-0.15, -0.1) is 5.10 Å². The number of tetrazole rings is 1. The minimum Gasteiger partial charge on any atom is -0.495 e. The number of benzene rings is 1. The lowest BCUT2D eigenvalue weighted by Crippen LogP contribution is -2.22. The molecule has 0 aliphatic rings. The topological polar surface area (TPSA) is 64.9 Å². The van der Waals surface area contributed by atoms with E-state index in [1.807, 2.05) is 19.1 Å². The van der Waals surface area contributed by atoms with Crippen LogP contribution in [0.5, 0.6) is 5.75 Å². The Morgan fingerprint density at radius 1 is 1.33 bits per heavy atom.